The highest BCUT2D eigenvalue weighted by Gasteiger charge is 2.16. The SMILES string of the molecule is CCCC(C)N(C)Cc1ccc([Si](C)(C)C)cc1. The van der Waals surface area contributed by atoms with E-state index in [2.05, 4.69) is 69.7 Å². The summed E-state index contributed by atoms with van der Waals surface area (Å²) in [5, 5.41) is 1.55. The van der Waals surface area contributed by atoms with Crippen LogP contribution in [0.3, 0.4) is 0 Å². The molecule has 0 fully saturated rings. The molecule has 1 aromatic carbocycles. The van der Waals surface area contributed by atoms with E-state index in [0.717, 1.165) is 6.54 Å². The predicted octanol–water partition coefficient (Wildman–Crippen LogP) is 3.85. The van der Waals surface area contributed by atoms with Crippen LogP contribution in [-0.4, -0.2) is 26.1 Å². The smallest absolute Gasteiger partial charge is 0.0775 e. The van der Waals surface area contributed by atoms with Gasteiger partial charge in [-0.1, -0.05) is 62.4 Å². The van der Waals surface area contributed by atoms with Gasteiger partial charge in [-0.05, 0) is 26.0 Å². The molecule has 0 heterocycles. The first-order valence-electron chi connectivity index (χ1n) is 7.14. The Kier molecular flexibility index (Phi) is 5.61. The maximum atomic E-state index is 2.45. The fourth-order valence-corrected chi connectivity index (χ4v) is 3.36. The highest BCUT2D eigenvalue weighted by molar-refractivity contribution is 6.88. The Hall–Kier alpha value is -0.603. The molecule has 0 radical (unpaired) electrons. The summed E-state index contributed by atoms with van der Waals surface area (Å²) in [6.45, 7) is 12.8. The molecule has 0 aliphatic carbocycles. The van der Waals surface area contributed by atoms with Crippen molar-refractivity contribution < 1.29 is 0 Å². The fourth-order valence-electron chi connectivity index (χ4n) is 2.19. The van der Waals surface area contributed by atoms with E-state index in [1.165, 1.54) is 18.4 Å². The lowest BCUT2D eigenvalue weighted by Gasteiger charge is -2.25. The van der Waals surface area contributed by atoms with Crippen molar-refractivity contribution in [3.8, 4) is 0 Å². The van der Waals surface area contributed by atoms with E-state index < -0.39 is 8.07 Å². The molecule has 102 valence electrons. The average Bonchev–Trinajstić information content (AvgIpc) is 2.28. The molecule has 1 unspecified atom stereocenters. The Labute approximate surface area is 114 Å². The van der Waals surface area contributed by atoms with Crippen molar-refractivity contribution in [2.75, 3.05) is 7.05 Å². The zero-order chi connectivity index (χ0) is 13.8. The Morgan fingerprint density at radius 2 is 1.67 bits per heavy atom. The first-order chi connectivity index (χ1) is 8.34. The fraction of sp³-hybridized carbons (Fsp3) is 0.625. The minimum atomic E-state index is -1.14. The number of nitrogens with zero attached hydrogens (tertiary/aromatic N) is 1. The van der Waals surface area contributed by atoms with Gasteiger partial charge in [0.1, 0.15) is 0 Å². The number of rotatable bonds is 6. The van der Waals surface area contributed by atoms with Gasteiger partial charge in [-0.15, -0.1) is 0 Å². The van der Waals surface area contributed by atoms with Crippen molar-refractivity contribution >= 4 is 13.3 Å². The van der Waals surface area contributed by atoms with Crippen LogP contribution in [0.2, 0.25) is 19.6 Å². The molecular formula is C16H29NSi. The molecule has 0 bridgehead atoms. The van der Waals surface area contributed by atoms with E-state index in [9.17, 15) is 0 Å². The lowest BCUT2D eigenvalue weighted by molar-refractivity contribution is 0.237. The van der Waals surface area contributed by atoms with Crippen LogP contribution < -0.4 is 5.19 Å². The third-order valence-corrected chi connectivity index (χ3v) is 5.78. The maximum absolute atomic E-state index is 2.45. The van der Waals surface area contributed by atoms with Gasteiger partial charge in [0.25, 0.3) is 0 Å². The molecule has 0 saturated carbocycles. The molecular weight excluding hydrogens is 234 g/mol. The zero-order valence-electron chi connectivity index (χ0n) is 13.0. The largest absolute Gasteiger partial charge is 0.299 e. The second kappa shape index (κ2) is 6.53. The minimum Gasteiger partial charge on any atom is -0.299 e. The van der Waals surface area contributed by atoms with Crippen LogP contribution in [0, 0.1) is 0 Å². The number of benzene rings is 1. The Bertz CT molecular complexity index is 350. The Balaban J connectivity index is 2.64. The van der Waals surface area contributed by atoms with Gasteiger partial charge >= 0.3 is 0 Å². The van der Waals surface area contributed by atoms with Crippen molar-refractivity contribution in [1.82, 2.24) is 4.90 Å². The summed E-state index contributed by atoms with van der Waals surface area (Å²) in [6.07, 6.45) is 2.55. The number of hydrogen-bond donors (Lipinski definition) is 0. The van der Waals surface area contributed by atoms with Gasteiger partial charge in [0.15, 0.2) is 0 Å². The van der Waals surface area contributed by atoms with E-state index in [-0.39, 0.29) is 0 Å². The van der Waals surface area contributed by atoms with Crippen LogP contribution in [0.4, 0.5) is 0 Å². The van der Waals surface area contributed by atoms with Gasteiger partial charge in [-0.25, -0.2) is 0 Å². The van der Waals surface area contributed by atoms with Crippen LogP contribution in [0.25, 0.3) is 0 Å². The molecule has 1 nitrogen and oxygen atoms in total. The topological polar surface area (TPSA) is 3.24 Å². The molecule has 0 spiro atoms. The molecule has 0 aliphatic heterocycles. The molecule has 2 heteroatoms. The van der Waals surface area contributed by atoms with E-state index >= 15 is 0 Å². The molecule has 0 aliphatic rings. The summed E-state index contributed by atoms with van der Waals surface area (Å²) < 4.78 is 0. The summed E-state index contributed by atoms with van der Waals surface area (Å²) in [7, 11) is 1.08. The summed E-state index contributed by atoms with van der Waals surface area (Å²) >= 11 is 0. The summed E-state index contributed by atoms with van der Waals surface area (Å²) in [4.78, 5) is 2.45. The molecule has 1 aromatic rings. The van der Waals surface area contributed by atoms with Gasteiger partial charge < -0.3 is 0 Å². The monoisotopic (exact) mass is 263 g/mol. The van der Waals surface area contributed by atoms with Gasteiger partial charge in [0.05, 0.1) is 8.07 Å². The van der Waals surface area contributed by atoms with E-state index in [0.29, 0.717) is 6.04 Å². The van der Waals surface area contributed by atoms with Crippen molar-refractivity contribution in [3.05, 3.63) is 29.8 Å². The highest BCUT2D eigenvalue weighted by atomic mass is 28.3. The lowest BCUT2D eigenvalue weighted by Crippen LogP contribution is -2.37. The van der Waals surface area contributed by atoms with Crippen LogP contribution >= 0.6 is 0 Å². The quantitative estimate of drug-likeness (QED) is 0.705. The van der Waals surface area contributed by atoms with E-state index in [1.54, 1.807) is 5.19 Å². The van der Waals surface area contributed by atoms with Gasteiger partial charge in [-0.2, -0.15) is 0 Å². The first-order valence-corrected chi connectivity index (χ1v) is 10.6. The third kappa shape index (κ3) is 4.58. The first kappa shape index (κ1) is 15.5. The van der Waals surface area contributed by atoms with Crippen molar-refractivity contribution in [1.29, 1.82) is 0 Å². The molecule has 0 aromatic heterocycles. The second-order valence-corrected chi connectivity index (χ2v) is 11.6. The average molecular weight is 264 g/mol. The van der Waals surface area contributed by atoms with Crippen molar-refractivity contribution in [2.24, 2.45) is 0 Å². The van der Waals surface area contributed by atoms with E-state index in [1.807, 2.05) is 0 Å². The standard InChI is InChI=1S/C16H29NSi/c1-7-8-14(2)17(3)13-15-9-11-16(12-10-15)18(4,5)6/h9-12,14H,7-8,13H2,1-6H3. The van der Waals surface area contributed by atoms with Crippen LogP contribution in [0.1, 0.15) is 32.3 Å². The Morgan fingerprint density at radius 1 is 1.11 bits per heavy atom. The minimum absolute atomic E-state index is 0.673. The predicted molar refractivity (Wildman–Crippen MR) is 85.3 cm³/mol. The molecule has 0 amide bonds. The summed E-state index contributed by atoms with van der Waals surface area (Å²) in [6, 6.07) is 9.96. The normalized spacial score (nSPS) is 13.9. The van der Waals surface area contributed by atoms with Gasteiger partial charge in [0.2, 0.25) is 0 Å². The van der Waals surface area contributed by atoms with Crippen molar-refractivity contribution in [3.63, 3.8) is 0 Å². The van der Waals surface area contributed by atoms with Gasteiger partial charge in [0, 0.05) is 12.6 Å². The summed E-state index contributed by atoms with van der Waals surface area (Å²) in [5.41, 5.74) is 1.43. The van der Waals surface area contributed by atoms with Crippen molar-refractivity contribution in [2.45, 2.75) is 58.9 Å². The highest BCUT2D eigenvalue weighted by Crippen LogP contribution is 2.10. The Morgan fingerprint density at radius 3 is 2.11 bits per heavy atom. The lowest BCUT2D eigenvalue weighted by atomic mass is 10.1. The second-order valence-electron chi connectivity index (χ2n) is 6.50. The molecule has 0 N–H and O–H groups in total. The third-order valence-electron chi connectivity index (χ3n) is 3.71. The summed E-state index contributed by atoms with van der Waals surface area (Å²) in [5.74, 6) is 0. The molecule has 1 rings (SSSR count). The molecule has 18 heavy (non-hydrogen) atoms. The van der Waals surface area contributed by atoms with Crippen LogP contribution in [0.15, 0.2) is 24.3 Å². The van der Waals surface area contributed by atoms with Crippen LogP contribution in [0.5, 0.6) is 0 Å². The molecule has 0 saturated heterocycles. The van der Waals surface area contributed by atoms with Crippen LogP contribution in [-0.2, 0) is 6.54 Å². The molecule has 1 atom stereocenters. The van der Waals surface area contributed by atoms with Gasteiger partial charge in [-0.3, -0.25) is 4.90 Å². The number of hydrogen-bond acceptors (Lipinski definition) is 1. The van der Waals surface area contributed by atoms with E-state index in [4.69, 9.17) is 0 Å². The zero-order valence-corrected chi connectivity index (χ0v) is 14.0. The maximum Gasteiger partial charge on any atom is 0.0775 e.